The van der Waals surface area contributed by atoms with Gasteiger partial charge in [0.05, 0.1) is 34.4 Å². The zero-order valence-electron chi connectivity index (χ0n) is 11.9. The van der Waals surface area contributed by atoms with Crippen LogP contribution in [0.15, 0.2) is 35.1 Å². The van der Waals surface area contributed by atoms with Crippen molar-refractivity contribution in [1.82, 2.24) is 9.78 Å². The van der Waals surface area contributed by atoms with E-state index in [0.29, 0.717) is 18.2 Å². The van der Waals surface area contributed by atoms with Crippen molar-refractivity contribution in [2.75, 3.05) is 5.32 Å². The topological polar surface area (TPSA) is 46.9 Å². The largest absolute Gasteiger partial charge is 0.416 e. The van der Waals surface area contributed by atoms with Crippen LogP contribution in [0.25, 0.3) is 0 Å². The van der Waals surface area contributed by atoms with E-state index in [-0.39, 0.29) is 6.54 Å². The first kappa shape index (κ1) is 17.5. The molecule has 9 heteroatoms. The maximum absolute atomic E-state index is 13.6. The van der Waals surface area contributed by atoms with Gasteiger partial charge in [-0.25, -0.2) is 4.39 Å². The van der Waals surface area contributed by atoms with Crippen molar-refractivity contribution in [3.05, 3.63) is 46.4 Å². The fraction of sp³-hybridized carbons (Fsp3) is 0.286. The number of aromatic nitrogens is 2. The highest BCUT2D eigenvalue weighted by atomic mass is 79.9. The molecule has 1 heterocycles. The Morgan fingerprint density at radius 1 is 1.43 bits per heavy atom. The molecule has 0 aliphatic carbocycles. The van der Waals surface area contributed by atoms with E-state index in [1.807, 2.05) is 0 Å². The number of halogens is 5. The molecule has 1 aromatic heterocycles. The maximum Gasteiger partial charge on any atom is 0.416 e. The minimum atomic E-state index is -4.61. The quantitative estimate of drug-likeness (QED) is 0.795. The average Bonchev–Trinajstić information content (AvgIpc) is 2.85. The van der Waals surface area contributed by atoms with Gasteiger partial charge >= 0.3 is 6.18 Å². The van der Waals surface area contributed by atoms with Crippen molar-refractivity contribution in [3.63, 3.8) is 0 Å². The molecule has 1 amide bonds. The van der Waals surface area contributed by atoms with Crippen LogP contribution in [0.4, 0.5) is 23.2 Å². The van der Waals surface area contributed by atoms with Gasteiger partial charge in [-0.3, -0.25) is 9.48 Å². The van der Waals surface area contributed by atoms with Crippen LogP contribution in [0.5, 0.6) is 0 Å². The van der Waals surface area contributed by atoms with E-state index in [1.54, 1.807) is 13.1 Å². The second-order valence-electron chi connectivity index (χ2n) is 4.96. The lowest BCUT2D eigenvalue weighted by Crippen LogP contribution is -2.25. The highest BCUT2D eigenvalue weighted by molar-refractivity contribution is 9.10. The summed E-state index contributed by atoms with van der Waals surface area (Å²) in [4.78, 5) is 12.0. The smallest absolute Gasteiger partial charge is 0.323 e. The van der Waals surface area contributed by atoms with Gasteiger partial charge in [-0.15, -0.1) is 0 Å². The Bertz CT molecular complexity index is 714. The van der Waals surface area contributed by atoms with E-state index in [0.717, 1.165) is 4.47 Å². The van der Waals surface area contributed by atoms with Gasteiger partial charge in [0.2, 0.25) is 5.91 Å². The van der Waals surface area contributed by atoms with Crippen LogP contribution in [0.3, 0.4) is 0 Å². The third-order valence-corrected chi connectivity index (χ3v) is 3.47. The molecule has 4 nitrogen and oxygen atoms in total. The second kappa shape index (κ2) is 6.69. The number of nitrogens with zero attached hydrogens (tertiary/aromatic N) is 2. The predicted octanol–water partition coefficient (Wildman–Crippen LogP) is 4.08. The summed E-state index contributed by atoms with van der Waals surface area (Å²) in [7, 11) is 0. The summed E-state index contributed by atoms with van der Waals surface area (Å²) in [5.41, 5.74) is -1.53. The molecule has 124 valence electrons. The van der Waals surface area contributed by atoms with Gasteiger partial charge in [0, 0.05) is 6.20 Å². The Balaban J connectivity index is 2.10. The Labute approximate surface area is 137 Å². The van der Waals surface area contributed by atoms with E-state index >= 15 is 0 Å². The lowest BCUT2D eigenvalue weighted by atomic mass is 10.1. The number of rotatable bonds is 4. The summed E-state index contributed by atoms with van der Waals surface area (Å²) in [5.74, 6) is -2.15. The highest BCUT2D eigenvalue weighted by Gasteiger charge is 2.31. The van der Waals surface area contributed by atoms with Gasteiger partial charge < -0.3 is 5.32 Å². The monoisotopic (exact) mass is 393 g/mol. The zero-order valence-corrected chi connectivity index (χ0v) is 13.4. The van der Waals surface area contributed by atoms with Crippen molar-refractivity contribution >= 4 is 27.5 Å². The molecule has 0 bridgehead atoms. The van der Waals surface area contributed by atoms with E-state index in [1.165, 1.54) is 10.9 Å². The standard InChI is InChI=1S/C14H12BrF4N3O/c1-8(6-22-7-10(15)5-20-22)13(23)21-12-4-9(14(17,18)19)2-3-11(12)16/h2-5,7-8H,6H2,1H3,(H,21,23). The summed E-state index contributed by atoms with van der Waals surface area (Å²) >= 11 is 3.21. The first-order chi connectivity index (χ1) is 10.7. The second-order valence-corrected chi connectivity index (χ2v) is 5.88. The predicted molar refractivity (Wildman–Crippen MR) is 79.1 cm³/mol. The Morgan fingerprint density at radius 3 is 2.70 bits per heavy atom. The molecule has 0 fully saturated rings. The SMILES string of the molecule is CC(Cn1cc(Br)cn1)C(=O)Nc1cc(C(F)(F)F)ccc1F. The molecule has 0 saturated heterocycles. The molecule has 2 rings (SSSR count). The number of hydrogen-bond acceptors (Lipinski definition) is 2. The molecule has 1 N–H and O–H groups in total. The van der Waals surface area contributed by atoms with Crippen LogP contribution < -0.4 is 5.32 Å². The molecule has 1 unspecified atom stereocenters. The summed E-state index contributed by atoms with van der Waals surface area (Å²) in [6.07, 6.45) is -1.42. The summed E-state index contributed by atoms with van der Waals surface area (Å²) in [6, 6.07) is 1.87. The van der Waals surface area contributed by atoms with Gasteiger partial charge in [0.1, 0.15) is 5.82 Å². The van der Waals surface area contributed by atoms with Gasteiger partial charge in [-0.1, -0.05) is 6.92 Å². The van der Waals surface area contributed by atoms with Gasteiger partial charge in [0.15, 0.2) is 0 Å². The minimum Gasteiger partial charge on any atom is -0.323 e. The first-order valence-electron chi connectivity index (χ1n) is 6.52. The van der Waals surface area contributed by atoms with Crippen molar-refractivity contribution in [1.29, 1.82) is 0 Å². The Hall–Kier alpha value is -1.90. The average molecular weight is 394 g/mol. The van der Waals surface area contributed by atoms with E-state index < -0.39 is 35.1 Å². The van der Waals surface area contributed by atoms with Gasteiger partial charge in [-0.2, -0.15) is 18.3 Å². The van der Waals surface area contributed by atoms with Crippen molar-refractivity contribution < 1.29 is 22.4 Å². The van der Waals surface area contributed by atoms with E-state index in [2.05, 4.69) is 26.3 Å². The van der Waals surface area contributed by atoms with E-state index in [4.69, 9.17) is 0 Å². The number of carbonyl (C=O) groups is 1. The summed E-state index contributed by atoms with van der Waals surface area (Å²) < 4.78 is 53.7. The lowest BCUT2D eigenvalue weighted by Gasteiger charge is -2.14. The fourth-order valence-electron chi connectivity index (χ4n) is 1.86. The molecule has 23 heavy (non-hydrogen) atoms. The molecular formula is C14H12BrF4N3O. The first-order valence-corrected chi connectivity index (χ1v) is 7.31. The third kappa shape index (κ3) is 4.54. The number of amides is 1. The molecular weight excluding hydrogens is 382 g/mol. The molecule has 0 aliphatic rings. The Morgan fingerprint density at radius 2 is 2.13 bits per heavy atom. The number of carbonyl (C=O) groups excluding carboxylic acids is 1. The van der Waals surface area contributed by atoms with Crippen LogP contribution in [0.2, 0.25) is 0 Å². The van der Waals surface area contributed by atoms with Crippen LogP contribution in [0, 0.1) is 11.7 Å². The van der Waals surface area contributed by atoms with Crippen LogP contribution >= 0.6 is 15.9 Å². The third-order valence-electron chi connectivity index (χ3n) is 3.06. The van der Waals surface area contributed by atoms with Crippen molar-refractivity contribution in [2.24, 2.45) is 5.92 Å². The molecule has 1 atom stereocenters. The molecule has 1 aromatic carbocycles. The molecule has 0 radical (unpaired) electrons. The number of nitrogens with one attached hydrogen (secondary N) is 1. The van der Waals surface area contributed by atoms with Crippen molar-refractivity contribution in [3.8, 4) is 0 Å². The number of hydrogen-bond donors (Lipinski definition) is 1. The molecule has 0 saturated carbocycles. The molecule has 0 aliphatic heterocycles. The fourth-order valence-corrected chi connectivity index (χ4v) is 2.18. The van der Waals surface area contributed by atoms with Crippen molar-refractivity contribution in [2.45, 2.75) is 19.6 Å². The minimum absolute atomic E-state index is 0.206. The van der Waals surface area contributed by atoms with Gasteiger partial charge in [0.25, 0.3) is 0 Å². The highest BCUT2D eigenvalue weighted by Crippen LogP contribution is 2.31. The number of alkyl halides is 3. The van der Waals surface area contributed by atoms with Crippen LogP contribution in [-0.4, -0.2) is 15.7 Å². The van der Waals surface area contributed by atoms with Gasteiger partial charge in [-0.05, 0) is 34.1 Å². The van der Waals surface area contributed by atoms with Crippen LogP contribution in [0.1, 0.15) is 12.5 Å². The summed E-state index contributed by atoms with van der Waals surface area (Å²) in [5, 5.41) is 6.16. The molecule has 0 spiro atoms. The van der Waals surface area contributed by atoms with Crippen LogP contribution in [-0.2, 0) is 17.5 Å². The van der Waals surface area contributed by atoms with E-state index in [9.17, 15) is 22.4 Å². The summed E-state index contributed by atoms with van der Waals surface area (Å²) in [6.45, 7) is 1.77. The molecule has 2 aromatic rings. The number of anilines is 1. The zero-order chi connectivity index (χ0) is 17.2. The maximum atomic E-state index is 13.6. The Kier molecular flexibility index (Phi) is 5.08. The number of benzene rings is 1. The lowest BCUT2D eigenvalue weighted by molar-refractivity contribution is -0.137. The normalized spacial score (nSPS) is 13.0.